The first kappa shape index (κ1) is 14.0. The summed E-state index contributed by atoms with van der Waals surface area (Å²) in [6.07, 6.45) is 11.1. The normalized spacial score (nSPS) is 23.2. The van der Waals surface area contributed by atoms with E-state index in [1.807, 2.05) is 0 Å². The van der Waals surface area contributed by atoms with Crippen molar-refractivity contribution in [1.82, 2.24) is 5.32 Å². The second-order valence-corrected chi connectivity index (χ2v) is 5.14. The van der Waals surface area contributed by atoms with Crippen LogP contribution in [-0.2, 0) is 4.74 Å². The lowest BCUT2D eigenvalue weighted by Gasteiger charge is -2.25. The van der Waals surface area contributed by atoms with E-state index in [2.05, 4.69) is 19.2 Å². The topological polar surface area (TPSA) is 21.3 Å². The predicted molar refractivity (Wildman–Crippen MR) is 69.8 cm³/mol. The quantitative estimate of drug-likeness (QED) is 0.641. The Labute approximate surface area is 101 Å². The van der Waals surface area contributed by atoms with Gasteiger partial charge >= 0.3 is 0 Å². The Bertz CT molecular complexity index is 155. The third kappa shape index (κ3) is 6.49. The third-order valence-electron chi connectivity index (χ3n) is 3.46. The summed E-state index contributed by atoms with van der Waals surface area (Å²) in [5, 5.41) is 3.53. The maximum atomic E-state index is 5.90. The van der Waals surface area contributed by atoms with Crippen LogP contribution in [0.3, 0.4) is 0 Å². The minimum atomic E-state index is 0.445. The molecule has 1 saturated heterocycles. The number of hydrogen-bond acceptors (Lipinski definition) is 2. The van der Waals surface area contributed by atoms with Crippen molar-refractivity contribution in [2.45, 2.75) is 77.4 Å². The van der Waals surface area contributed by atoms with Gasteiger partial charge < -0.3 is 10.1 Å². The Hall–Kier alpha value is -0.0800. The zero-order valence-corrected chi connectivity index (χ0v) is 11.1. The van der Waals surface area contributed by atoms with Crippen molar-refractivity contribution in [1.29, 1.82) is 0 Å². The summed E-state index contributed by atoms with van der Waals surface area (Å²) in [6.45, 7) is 6.57. The molecule has 2 heteroatoms. The summed E-state index contributed by atoms with van der Waals surface area (Å²) in [5.41, 5.74) is 0. The largest absolute Gasteiger partial charge is 0.377 e. The fraction of sp³-hybridized carbons (Fsp3) is 1.00. The van der Waals surface area contributed by atoms with Crippen molar-refractivity contribution in [2.75, 3.05) is 13.2 Å². The molecule has 16 heavy (non-hydrogen) atoms. The number of unbranched alkanes of at least 4 members (excludes halogenated alkanes) is 3. The van der Waals surface area contributed by atoms with E-state index in [4.69, 9.17) is 4.74 Å². The highest BCUT2D eigenvalue weighted by atomic mass is 16.5. The Morgan fingerprint density at radius 2 is 2.12 bits per heavy atom. The molecule has 1 rings (SSSR count). The lowest BCUT2D eigenvalue weighted by atomic mass is 10.1. The monoisotopic (exact) mass is 227 g/mol. The molecule has 1 fully saturated rings. The molecule has 0 aromatic rings. The molecule has 1 N–H and O–H groups in total. The van der Waals surface area contributed by atoms with E-state index in [1.54, 1.807) is 0 Å². The van der Waals surface area contributed by atoms with Crippen molar-refractivity contribution < 1.29 is 4.74 Å². The second-order valence-electron chi connectivity index (χ2n) is 5.14. The van der Waals surface area contributed by atoms with Crippen LogP contribution >= 0.6 is 0 Å². The molecule has 0 radical (unpaired) electrons. The SMILES string of the molecule is CCCCCCC(C)OCC1CCCCN1. The van der Waals surface area contributed by atoms with Gasteiger partial charge in [0.1, 0.15) is 0 Å². The molecule has 2 unspecified atom stereocenters. The van der Waals surface area contributed by atoms with Gasteiger partial charge in [-0.05, 0) is 32.7 Å². The Balaban J connectivity index is 1.94. The first-order valence-corrected chi connectivity index (χ1v) is 7.18. The average Bonchev–Trinajstić information content (AvgIpc) is 2.33. The van der Waals surface area contributed by atoms with Crippen LogP contribution in [0.2, 0.25) is 0 Å². The van der Waals surface area contributed by atoms with Crippen LogP contribution in [-0.4, -0.2) is 25.3 Å². The van der Waals surface area contributed by atoms with Crippen LogP contribution in [0, 0.1) is 0 Å². The van der Waals surface area contributed by atoms with Crippen LogP contribution in [0.1, 0.15) is 65.2 Å². The summed E-state index contributed by atoms with van der Waals surface area (Å²) in [4.78, 5) is 0. The van der Waals surface area contributed by atoms with E-state index < -0.39 is 0 Å². The summed E-state index contributed by atoms with van der Waals surface area (Å²) < 4.78 is 5.90. The molecular weight excluding hydrogens is 198 g/mol. The second kappa shape index (κ2) is 9.00. The Morgan fingerprint density at radius 1 is 1.25 bits per heavy atom. The van der Waals surface area contributed by atoms with Gasteiger partial charge in [-0.3, -0.25) is 0 Å². The van der Waals surface area contributed by atoms with Gasteiger partial charge in [0.25, 0.3) is 0 Å². The summed E-state index contributed by atoms with van der Waals surface area (Å²) in [6, 6.07) is 0.617. The lowest BCUT2D eigenvalue weighted by molar-refractivity contribution is 0.0384. The molecule has 1 aliphatic rings. The molecule has 2 atom stereocenters. The van der Waals surface area contributed by atoms with Crippen LogP contribution in [0.15, 0.2) is 0 Å². The molecule has 1 heterocycles. The average molecular weight is 227 g/mol. The summed E-state index contributed by atoms with van der Waals surface area (Å²) in [7, 11) is 0. The number of rotatable bonds is 8. The number of piperidine rings is 1. The number of hydrogen-bond donors (Lipinski definition) is 1. The van der Waals surface area contributed by atoms with E-state index in [0.717, 1.165) is 6.61 Å². The van der Waals surface area contributed by atoms with Crippen molar-refractivity contribution >= 4 is 0 Å². The van der Waals surface area contributed by atoms with Gasteiger partial charge in [-0.2, -0.15) is 0 Å². The van der Waals surface area contributed by atoms with E-state index in [-0.39, 0.29) is 0 Å². The zero-order valence-electron chi connectivity index (χ0n) is 11.1. The van der Waals surface area contributed by atoms with Gasteiger partial charge in [0.05, 0.1) is 12.7 Å². The maximum absolute atomic E-state index is 5.90. The molecule has 0 saturated carbocycles. The first-order valence-electron chi connectivity index (χ1n) is 7.18. The number of nitrogens with one attached hydrogen (secondary N) is 1. The highest BCUT2D eigenvalue weighted by molar-refractivity contribution is 4.71. The Morgan fingerprint density at radius 3 is 2.81 bits per heavy atom. The van der Waals surface area contributed by atoms with Crippen molar-refractivity contribution in [3.8, 4) is 0 Å². The minimum absolute atomic E-state index is 0.445. The lowest BCUT2D eigenvalue weighted by Crippen LogP contribution is -2.38. The number of ether oxygens (including phenoxy) is 1. The van der Waals surface area contributed by atoms with E-state index in [0.29, 0.717) is 12.1 Å². The molecular formula is C14H29NO. The predicted octanol–water partition coefficient (Wildman–Crippen LogP) is 3.50. The van der Waals surface area contributed by atoms with Crippen LogP contribution in [0.4, 0.5) is 0 Å². The van der Waals surface area contributed by atoms with Crippen LogP contribution in [0.25, 0.3) is 0 Å². The highest BCUT2D eigenvalue weighted by Crippen LogP contribution is 2.11. The highest BCUT2D eigenvalue weighted by Gasteiger charge is 2.13. The van der Waals surface area contributed by atoms with Gasteiger partial charge in [0, 0.05) is 6.04 Å². The van der Waals surface area contributed by atoms with E-state index in [1.165, 1.54) is 57.9 Å². The summed E-state index contributed by atoms with van der Waals surface area (Å²) in [5.74, 6) is 0. The van der Waals surface area contributed by atoms with Crippen molar-refractivity contribution in [2.24, 2.45) is 0 Å². The first-order chi connectivity index (χ1) is 7.83. The standard InChI is InChI=1S/C14H29NO/c1-3-4-5-6-9-13(2)16-12-14-10-7-8-11-15-14/h13-15H,3-12H2,1-2H3. The van der Waals surface area contributed by atoms with Gasteiger partial charge in [0.15, 0.2) is 0 Å². The summed E-state index contributed by atoms with van der Waals surface area (Å²) >= 11 is 0. The minimum Gasteiger partial charge on any atom is -0.377 e. The van der Waals surface area contributed by atoms with Crippen molar-refractivity contribution in [3.05, 3.63) is 0 Å². The van der Waals surface area contributed by atoms with Gasteiger partial charge in [-0.1, -0.05) is 39.0 Å². The fourth-order valence-corrected chi connectivity index (χ4v) is 2.29. The molecule has 0 aromatic heterocycles. The Kier molecular flexibility index (Phi) is 7.87. The molecule has 0 bridgehead atoms. The molecule has 2 nitrogen and oxygen atoms in total. The fourth-order valence-electron chi connectivity index (χ4n) is 2.29. The van der Waals surface area contributed by atoms with Gasteiger partial charge in [0.2, 0.25) is 0 Å². The van der Waals surface area contributed by atoms with Crippen LogP contribution < -0.4 is 5.32 Å². The van der Waals surface area contributed by atoms with Gasteiger partial charge in [-0.15, -0.1) is 0 Å². The smallest absolute Gasteiger partial charge is 0.0623 e. The van der Waals surface area contributed by atoms with E-state index in [9.17, 15) is 0 Å². The van der Waals surface area contributed by atoms with Crippen LogP contribution in [0.5, 0.6) is 0 Å². The zero-order chi connectivity index (χ0) is 11.6. The molecule has 0 spiro atoms. The molecule has 0 aliphatic carbocycles. The van der Waals surface area contributed by atoms with E-state index >= 15 is 0 Å². The third-order valence-corrected chi connectivity index (χ3v) is 3.46. The maximum Gasteiger partial charge on any atom is 0.0623 e. The molecule has 0 aromatic carbocycles. The molecule has 0 amide bonds. The van der Waals surface area contributed by atoms with Crippen molar-refractivity contribution in [3.63, 3.8) is 0 Å². The molecule has 1 aliphatic heterocycles. The molecule has 96 valence electrons. The van der Waals surface area contributed by atoms with Gasteiger partial charge in [-0.25, -0.2) is 0 Å².